The van der Waals surface area contributed by atoms with E-state index in [2.05, 4.69) is 56.5 Å². The van der Waals surface area contributed by atoms with Gasteiger partial charge in [0, 0.05) is 23.7 Å². The molecule has 5 heteroatoms. The van der Waals surface area contributed by atoms with Gasteiger partial charge in [-0.3, -0.25) is 0 Å². The number of aryl methyl sites for hydroxylation is 2. The minimum atomic E-state index is -0.285. The van der Waals surface area contributed by atoms with Gasteiger partial charge in [0.05, 0.1) is 13.2 Å². The summed E-state index contributed by atoms with van der Waals surface area (Å²) in [5.74, 6) is 1.63. The molecule has 0 amide bonds. The molecule has 0 spiro atoms. The molecule has 1 aliphatic heterocycles. The lowest BCUT2D eigenvalue weighted by Crippen LogP contribution is -2.42. The number of thiocarbonyl (C=S) groups is 1. The van der Waals surface area contributed by atoms with Crippen molar-refractivity contribution in [2.45, 2.75) is 45.8 Å². The van der Waals surface area contributed by atoms with E-state index in [0.29, 0.717) is 5.11 Å². The van der Waals surface area contributed by atoms with Gasteiger partial charge in [-0.1, -0.05) is 6.07 Å². The fourth-order valence-electron chi connectivity index (χ4n) is 3.46. The first kappa shape index (κ1) is 18.5. The van der Waals surface area contributed by atoms with E-state index in [1.807, 2.05) is 18.2 Å². The maximum atomic E-state index is 6.14. The summed E-state index contributed by atoms with van der Waals surface area (Å²) in [6, 6.07) is 12.3. The van der Waals surface area contributed by atoms with E-state index < -0.39 is 0 Å². The smallest absolute Gasteiger partial charge is 0.171 e. The third-order valence-electron chi connectivity index (χ3n) is 4.46. The van der Waals surface area contributed by atoms with Gasteiger partial charge in [-0.25, -0.2) is 0 Å². The van der Waals surface area contributed by atoms with E-state index in [4.69, 9.17) is 21.7 Å². The monoisotopic (exact) mass is 370 g/mol. The molecule has 1 aliphatic rings. The molecule has 2 N–H and O–H groups in total. The molecule has 0 aromatic heterocycles. The van der Waals surface area contributed by atoms with E-state index in [-0.39, 0.29) is 11.6 Å². The Hall–Kier alpha value is -2.27. The molecule has 0 fully saturated rings. The highest BCUT2D eigenvalue weighted by Crippen LogP contribution is 2.41. The van der Waals surface area contributed by atoms with Gasteiger partial charge >= 0.3 is 0 Å². The summed E-state index contributed by atoms with van der Waals surface area (Å²) < 4.78 is 11.5. The fourth-order valence-corrected chi connectivity index (χ4v) is 3.72. The van der Waals surface area contributed by atoms with E-state index in [9.17, 15) is 0 Å². The summed E-state index contributed by atoms with van der Waals surface area (Å²) >= 11 is 5.57. The van der Waals surface area contributed by atoms with Crippen molar-refractivity contribution in [3.8, 4) is 11.5 Å². The van der Waals surface area contributed by atoms with Crippen LogP contribution in [0.25, 0.3) is 0 Å². The summed E-state index contributed by atoms with van der Waals surface area (Å²) in [6.45, 7) is 8.34. The minimum Gasteiger partial charge on any atom is -0.497 e. The number of hydrogen-bond acceptors (Lipinski definition) is 3. The number of fused-ring (bicyclic) bond motifs is 1. The van der Waals surface area contributed by atoms with Crippen molar-refractivity contribution in [1.29, 1.82) is 0 Å². The van der Waals surface area contributed by atoms with Crippen LogP contribution >= 0.6 is 12.2 Å². The fraction of sp³-hybridized carbons (Fsp3) is 0.381. The number of methoxy groups -OCH3 is 1. The van der Waals surface area contributed by atoms with Crippen LogP contribution in [0.2, 0.25) is 0 Å². The molecule has 0 unspecified atom stereocenters. The molecule has 0 radical (unpaired) electrons. The number of rotatable bonds is 3. The van der Waals surface area contributed by atoms with Crippen molar-refractivity contribution in [3.63, 3.8) is 0 Å². The van der Waals surface area contributed by atoms with Gasteiger partial charge in [0.1, 0.15) is 17.1 Å². The zero-order chi connectivity index (χ0) is 18.9. The molecule has 0 bridgehead atoms. The topological polar surface area (TPSA) is 42.5 Å². The largest absolute Gasteiger partial charge is 0.497 e. The molecule has 4 nitrogen and oxygen atoms in total. The third-order valence-corrected chi connectivity index (χ3v) is 4.68. The predicted molar refractivity (Wildman–Crippen MR) is 110 cm³/mol. The average molecular weight is 371 g/mol. The van der Waals surface area contributed by atoms with Crippen molar-refractivity contribution in [2.24, 2.45) is 0 Å². The summed E-state index contributed by atoms with van der Waals surface area (Å²) in [7, 11) is 1.66. The van der Waals surface area contributed by atoms with Crippen LogP contribution in [0.4, 0.5) is 5.69 Å². The predicted octanol–water partition coefficient (Wildman–Crippen LogP) is 4.90. The highest BCUT2D eigenvalue weighted by Gasteiger charge is 2.34. The first-order valence-corrected chi connectivity index (χ1v) is 9.19. The number of benzene rings is 2. The Bertz CT molecular complexity index is 813. The van der Waals surface area contributed by atoms with E-state index in [0.717, 1.165) is 29.2 Å². The van der Waals surface area contributed by atoms with Gasteiger partial charge in [0.2, 0.25) is 0 Å². The van der Waals surface area contributed by atoms with Gasteiger partial charge in [-0.2, -0.15) is 0 Å². The van der Waals surface area contributed by atoms with Crippen molar-refractivity contribution in [2.75, 3.05) is 12.4 Å². The molecule has 26 heavy (non-hydrogen) atoms. The van der Waals surface area contributed by atoms with E-state index in [1.165, 1.54) is 11.1 Å². The maximum absolute atomic E-state index is 6.14. The van der Waals surface area contributed by atoms with Crippen molar-refractivity contribution < 1.29 is 9.47 Å². The van der Waals surface area contributed by atoms with Gasteiger partial charge in [-0.05, 0) is 75.3 Å². The highest BCUT2D eigenvalue weighted by molar-refractivity contribution is 7.80. The van der Waals surface area contributed by atoms with Gasteiger partial charge in [0.15, 0.2) is 5.11 Å². The first-order chi connectivity index (χ1) is 12.3. The standard InChI is InChI=1S/C21H26N2O2S/c1-13-8-14(2)10-15(9-13)22-20(26)23-18-12-21(3,4)25-19-11-16(24-5)6-7-17(18)19/h6-11,18H,12H2,1-5H3,(H2,22,23,26)/t18-/m1/s1. The number of ether oxygens (including phenoxy) is 2. The molecule has 0 saturated heterocycles. The number of hydrogen-bond donors (Lipinski definition) is 2. The third kappa shape index (κ3) is 4.28. The summed E-state index contributed by atoms with van der Waals surface area (Å²) in [4.78, 5) is 0. The van der Waals surface area contributed by atoms with Gasteiger partial charge in [0.25, 0.3) is 0 Å². The Kier molecular flexibility index (Phi) is 5.10. The van der Waals surface area contributed by atoms with Crippen LogP contribution in [0, 0.1) is 13.8 Å². The molecule has 0 aliphatic carbocycles. The maximum Gasteiger partial charge on any atom is 0.171 e. The second-order valence-electron chi connectivity index (χ2n) is 7.50. The SMILES string of the molecule is COc1ccc2c(c1)OC(C)(C)C[C@H]2NC(=S)Nc1cc(C)cc(C)c1. The summed E-state index contributed by atoms with van der Waals surface area (Å²) in [5.41, 5.74) is 4.22. The minimum absolute atomic E-state index is 0.0746. The van der Waals surface area contributed by atoms with Crippen LogP contribution in [0.5, 0.6) is 11.5 Å². The second-order valence-corrected chi connectivity index (χ2v) is 7.91. The lowest BCUT2D eigenvalue weighted by molar-refractivity contribution is 0.0693. The molecular formula is C21H26N2O2S. The lowest BCUT2D eigenvalue weighted by Gasteiger charge is -2.38. The summed E-state index contributed by atoms with van der Waals surface area (Å²) in [5, 5.41) is 7.37. The van der Waals surface area contributed by atoms with Crippen LogP contribution in [0.3, 0.4) is 0 Å². The Balaban J connectivity index is 1.79. The average Bonchev–Trinajstić information content (AvgIpc) is 2.51. The van der Waals surface area contributed by atoms with E-state index >= 15 is 0 Å². The molecule has 2 aromatic carbocycles. The molecule has 0 saturated carbocycles. The number of anilines is 1. The van der Waals surface area contributed by atoms with Crippen LogP contribution in [0.15, 0.2) is 36.4 Å². The first-order valence-electron chi connectivity index (χ1n) is 8.78. The van der Waals surface area contributed by atoms with E-state index in [1.54, 1.807) is 7.11 Å². The molecule has 2 aromatic rings. The van der Waals surface area contributed by atoms with Crippen molar-refractivity contribution >= 4 is 23.0 Å². The van der Waals surface area contributed by atoms with Gasteiger partial charge in [-0.15, -0.1) is 0 Å². The molecule has 138 valence electrons. The Morgan fingerprint density at radius 3 is 2.50 bits per heavy atom. The summed E-state index contributed by atoms with van der Waals surface area (Å²) in [6.07, 6.45) is 0.820. The van der Waals surface area contributed by atoms with Crippen LogP contribution in [0.1, 0.15) is 43.0 Å². The quantitative estimate of drug-likeness (QED) is 0.752. The van der Waals surface area contributed by atoms with Crippen LogP contribution < -0.4 is 20.1 Å². The molecule has 1 atom stereocenters. The highest BCUT2D eigenvalue weighted by atomic mass is 32.1. The molecule has 3 rings (SSSR count). The van der Waals surface area contributed by atoms with Crippen molar-refractivity contribution in [3.05, 3.63) is 53.1 Å². The second kappa shape index (κ2) is 7.16. The van der Waals surface area contributed by atoms with Gasteiger partial charge < -0.3 is 20.1 Å². The Morgan fingerprint density at radius 2 is 1.85 bits per heavy atom. The Morgan fingerprint density at radius 1 is 1.15 bits per heavy atom. The van der Waals surface area contributed by atoms with Crippen LogP contribution in [-0.2, 0) is 0 Å². The van der Waals surface area contributed by atoms with Crippen LogP contribution in [-0.4, -0.2) is 17.8 Å². The zero-order valence-corrected chi connectivity index (χ0v) is 16.8. The van der Waals surface area contributed by atoms with Crippen molar-refractivity contribution in [1.82, 2.24) is 5.32 Å². The molecular weight excluding hydrogens is 344 g/mol. The normalized spacial score (nSPS) is 17.7. The molecule has 1 heterocycles. The number of nitrogens with one attached hydrogen (secondary N) is 2. The zero-order valence-electron chi connectivity index (χ0n) is 16.0. The lowest BCUT2D eigenvalue weighted by atomic mass is 9.89. The Labute approximate surface area is 160 Å².